The molecule has 3 rings (SSSR count). The van der Waals surface area contributed by atoms with Crippen molar-refractivity contribution in [2.24, 2.45) is 0 Å². The molecule has 1 aliphatic carbocycles. The summed E-state index contributed by atoms with van der Waals surface area (Å²) in [7, 11) is 1.66. The van der Waals surface area contributed by atoms with Crippen molar-refractivity contribution in [3.63, 3.8) is 0 Å². The van der Waals surface area contributed by atoms with E-state index in [0.717, 1.165) is 43.4 Å². The number of nitrogens with one attached hydrogen (secondary N) is 2. The van der Waals surface area contributed by atoms with Gasteiger partial charge in [-0.25, -0.2) is 0 Å². The van der Waals surface area contributed by atoms with E-state index in [1.165, 1.54) is 0 Å². The zero-order chi connectivity index (χ0) is 17.6. The van der Waals surface area contributed by atoms with Crippen LogP contribution in [0.15, 0.2) is 17.2 Å². The van der Waals surface area contributed by atoms with Gasteiger partial charge in [0.25, 0.3) is 11.5 Å². The van der Waals surface area contributed by atoms with Crippen molar-refractivity contribution in [2.75, 3.05) is 13.7 Å². The van der Waals surface area contributed by atoms with Crippen LogP contribution in [-0.2, 0) is 30.7 Å². The van der Waals surface area contributed by atoms with Gasteiger partial charge >= 0.3 is 0 Å². The van der Waals surface area contributed by atoms with Gasteiger partial charge in [0.2, 0.25) is 0 Å². The first-order chi connectivity index (χ1) is 12.2. The Morgan fingerprint density at radius 1 is 1.40 bits per heavy atom. The standard InChI is InChI=1S/C17H23N5O3/c1-25-8-4-7-22-11-19-21-15(22)10-18-16(23)13-9-12-5-2-3-6-14(12)20-17(13)24/h9,11H,2-8,10H2,1H3,(H,18,23)(H,20,24). The number of hydrogen-bond acceptors (Lipinski definition) is 5. The second-order valence-corrected chi connectivity index (χ2v) is 6.19. The van der Waals surface area contributed by atoms with Gasteiger partial charge in [0.1, 0.15) is 11.9 Å². The van der Waals surface area contributed by atoms with E-state index in [-0.39, 0.29) is 23.6 Å². The number of H-pyrrole nitrogens is 1. The molecule has 0 aliphatic heterocycles. The summed E-state index contributed by atoms with van der Waals surface area (Å²) >= 11 is 0. The molecule has 25 heavy (non-hydrogen) atoms. The second kappa shape index (κ2) is 8.06. The van der Waals surface area contributed by atoms with Crippen molar-refractivity contribution in [3.05, 3.63) is 45.4 Å². The molecule has 8 heteroatoms. The summed E-state index contributed by atoms with van der Waals surface area (Å²) in [4.78, 5) is 27.4. The number of carbonyl (C=O) groups is 1. The van der Waals surface area contributed by atoms with Gasteiger partial charge in [-0.05, 0) is 43.7 Å². The number of pyridine rings is 1. The number of rotatable bonds is 7. The highest BCUT2D eigenvalue weighted by Crippen LogP contribution is 2.18. The highest BCUT2D eigenvalue weighted by molar-refractivity contribution is 5.93. The predicted octanol–water partition coefficient (Wildman–Crippen LogP) is 0.812. The Bertz CT molecular complexity index is 796. The average molecular weight is 345 g/mol. The molecule has 134 valence electrons. The molecule has 0 spiro atoms. The molecule has 8 nitrogen and oxygen atoms in total. The molecule has 0 bridgehead atoms. The topological polar surface area (TPSA) is 102 Å². The Kier molecular flexibility index (Phi) is 5.60. The maximum absolute atomic E-state index is 12.4. The summed E-state index contributed by atoms with van der Waals surface area (Å²) in [6, 6.07) is 1.73. The number of hydrogen-bond donors (Lipinski definition) is 2. The van der Waals surface area contributed by atoms with E-state index < -0.39 is 0 Å². The number of nitrogens with zero attached hydrogens (tertiary/aromatic N) is 3. The molecular formula is C17H23N5O3. The number of fused-ring (bicyclic) bond motifs is 1. The van der Waals surface area contributed by atoms with Crippen LogP contribution in [0.4, 0.5) is 0 Å². The zero-order valence-electron chi connectivity index (χ0n) is 14.4. The lowest BCUT2D eigenvalue weighted by atomic mass is 9.95. The smallest absolute Gasteiger partial charge is 0.261 e. The quantitative estimate of drug-likeness (QED) is 0.723. The van der Waals surface area contributed by atoms with Crippen LogP contribution in [0, 0.1) is 0 Å². The number of aromatic nitrogens is 4. The first kappa shape index (κ1) is 17.3. The Labute approximate surface area is 145 Å². The van der Waals surface area contributed by atoms with Crippen molar-refractivity contribution in [2.45, 2.75) is 45.2 Å². The molecular weight excluding hydrogens is 322 g/mol. The maximum atomic E-state index is 12.4. The van der Waals surface area contributed by atoms with Gasteiger partial charge in [-0.15, -0.1) is 10.2 Å². The summed E-state index contributed by atoms with van der Waals surface area (Å²) < 4.78 is 6.90. The lowest BCUT2D eigenvalue weighted by Crippen LogP contribution is -2.31. The molecule has 0 fully saturated rings. The number of methoxy groups -OCH3 is 1. The van der Waals surface area contributed by atoms with E-state index in [1.54, 1.807) is 19.5 Å². The molecule has 2 N–H and O–H groups in total. The minimum atomic E-state index is -0.388. The third kappa shape index (κ3) is 4.14. The van der Waals surface area contributed by atoms with E-state index in [4.69, 9.17) is 4.74 Å². The summed E-state index contributed by atoms with van der Waals surface area (Å²) in [6.07, 6.45) is 6.40. The number of ether oxygens (including phenoxy) is 1. The molecule has 0 radical (unpaired) electrons. The van der Waals surface area contributed by atoms with Crippen LogP contribution in [0.2, 0.25) is 0 Å². The lowest BCUT2D eigenvalue weighted by Gasteiger charge is -2.16. The van der Waals surface area contributed by atoms with Crippen LogP contribution < -0.4 is 10.9 Å². The summed E-state index contributed by atoms with van der Waals surface area (Å²) in [6.45, 7) is 1.59. The number of amides is 1. The number of aryl methyl sites for hydroxylation is 3. The van der Waals surface area contributed by atoms with Crippen LogP contribution in [0.5, 0.6) is 0 Å². The van der Waals surface area contributed by atoms with Crippen LogP contribution in [0.1, 0.15) is 46.7 Å². The lowest BCUT2D eigenvalue weighted by molar-refractivity contribution is 0.0947. The van der Waals surface area contributed by atoms with E-state index in [1.807, 2.05) is 4.57 Å². The van der Waals surface area contributed by atoms with Crippen molar-refractivity contribution >= 4 is 5.91 Å². The third-order valence-electron chi connectivity index (χ3n) is 4.43. The Hall–Kier alpha value is -2.48. The van der Waals surface area contributed by atoms with Gasteiger partial charge in [0.15, 0.2) is 5.82 Å². The molecule has 0 saturated heterocycles. The molecule has 1 aliphatic rings. The fraction of sp³-hybridized carbons (Fsp3) is 0.529. The van der Waals surface area contributed by atoms with E-state index in [2.05, 4.69) is 20.5 Å². The number of aromatic amines is 1. The van der Waals surface area contributed by atoms with Gasteiger partial charge in [0.05, 0.1) is 6.54 Å². The van der Waals surface area contributed by atoms with Gasteiger partial charge in [0, 0.05) is 26.0 Å². The van der Waals surface area contributed by atoms with Crippen molar-refractivity contribution in [1.29, 1.82) is 0 Å². The monoisotopic (exact) mass is 345 g/mol. The van der Waals surface area contributed by atoms with Crippen molar-refractivity contribution < 1.29 is 9.53 Å². The molecule has 0 atom stereocenters. The normalized spacial score (nSPS) is 13.5. The van der Waals surface area contributed by atoms with Gasteiger partial charge in [-0.2, -0.15) is 0 Å². The molecule has 2 heterocycles. The molecule has 2 aromatic rings. The summed E-state index contributed by atoms with van der Waals surface area (Å²) in [5, 5.41) is 10.7. The van der Waals surface area contributed by atoms with Gasteiger partial charge < -0.3 is 19.6 Å². The highest BCUT2D eigenvalue weighted by atomic mass is 16.5. The highest BCUT2D eigenvalue weighted by Gasteiger charge is 2.17. The first-order valence-electron chi connectivity index (χ1n) is 8.58. The SMILES string of the molecule is COCCCn1cnnc1CNC(=O)c1cc2c([nH]c1=O)CCCC2. The summed E-state index contributed by atoms with van der Waals surface area (Å²) in [5.41, 5.74) is 1.86. The molecule has 0 unspecified atom stereocenters. The van der Waals surface area contributed by atoms with Crippen molar-refractivity contribution in [1.82, 2.24) is 25.1 Å². The molecule has 2 aromatic heterocycles. The third-order valence-corrected chi connectivity index (χ3v) is 4.43. The maximum Gasteiger partial charge on any atom is 0.261 e. The predicted molar refractivity (Wildman–Crippen MR) is 91.4 cm³/mol. The van der Waals surface area contributed by atoms with E-state index >= 15 is 0 Å². The van der Waals surface area contributed by atoms with E-state index in [9.17, 15) is 9.59 Å². The minimum absolute atomic E-state index is 0.158. The van der Waals surface area contributed by atoms with Crippen LogP contribution in [0.25, 0.3) is 0 Å². The largest absolute Gasteiger partial charge is 0.385 e. The Morgan fingerprint density at radius 2 is 2.24 bits per heavy atom. The van der Waals surface area contributed by atoms with Gasteiger partial charge in [-0.3, -0.25) is 9.59 Å². The fourth-order valence-corrected chi connectivity index (χ4v) is 3.08. The Balaban J connectivity index is 1.65. The van der Waals surface area contributed by atoms with Crippen LogP contribution >= 0.6 is 0 Å². The van der Waals surface area contributed by atoms with Crippen molar-refractivity contribution in [3.8, 4) is 0 Å². The summed E-state index contributed by atoms with van der Waals surface area (Å²) in [5.74, 6) is 0.264. The Morgan fingerprint density at radius 3 is 3.08 bits per heavy atom. The second-order valence-electron chi connectivity index (χ2n) is 6.19. The fourth-order valence-electron chi connectivity index (χ4n) is 3.08. The average Bonchev–Trinajstić information content (AvgIpc) is 3.06. The molecule has 1 amide bonds. The first-order valence-corrected chi connectivity index (χ1v) is 8.58. The van der Waals surface area contributed by atoms with Crippen LogP contribution in [0.3, 0.4) is 0 Å². The number of carbonyl (C=O) groups excluding carboxylic acids is 1. The van der Waals surface area contributed by atoms with Crippen LogP contribution in [-0.4, -0.2) is 39.4 Å². The molecule has 0 aromatic carbocycles. The molecule has 0 saturated carbocycles. The van der Waals surface area contributed by atoms with Gasteiger partial charge in [-0.1, -0.05) is 0 Å². The van der Waals surface area contributed by atoms with E-state index in [0.29, 0.717) is 19.0 Å². The zero-order valence-corrected chi connectivity index (χ0v) is 14.4. The minimum Gasteiger partial charge on any atom is -0.385 e.